The fourth-order valence-corrected chi connectivity index (χ4v) is 4.06. The van der Waals surface area contributed by atoms with Gasteiger partial charge in [0.1, 0.15) is 0 Å². The number of benzene rings is 1. The van der Waals surface area contributed by atoms with Gasteiger partial charge in [0.15, 0.2) is 16.6 Å². The number of amides is 2. The SMILES string of the molecule is COC(=O)Nc1nc2c(s1)CN(C(=O)/C=C/c1cc(OC)c(OC)c(OC)c1)CC2. The molecule has 1 aliphatic heterocycles. The fourth-order valence-electron chi connectivity index (χ4n) is 3.05. The summed E-state index contributed by atoms with van der Waals surface area (Å²) in [6.07, 6.45) is 3.28. The lowest BCUT2D eigenvalue weighted by atomic mass is 10.1. The molecule has 1 N–H and O–H groups in total. The van der Waals surface area contributed by atoms with Gasteiger partial charge in [0.2, 0.25) is 11.7 Å². The lowest BCUT2D eigenvalue weighted by molar-refractivity contribution is -0.126. The normalized spacial score (nSPS) is 13.0. The van der Waals surface area contributed by atoms with Crippen LogP contribution >= 0.6 is 11.3 Å². The number of nitrogens with zero attached hydrogens (tertiary/aromatic N) is 2. The number of hydrogen-bond donors (Lipinski definition) is 1. The monoisotopic (exact) mass is 433 g/mol. The van der Waals surface area contributed by atoms with Crippen molar-refractivity contribution in [3.8, 4) is 17.2 Å². The van der Waals surface area contributed by atoms with E-state index in [0.717, 1.165) is 16.1 Å². The van der Waals surface area contributed by atoms with Crippen LogP contribution < -0.4 is 19.5 Å². The van der Waals surface area contributed by atoms with Crippen LogP contribution in [0.4, 0.5) is 9.93 Å². The zero-order chi connectivity index (χ0) is 21.7. The molecule has 2 amide bonds. The van der Waals surface area contributed by atoms with Gasteiger partial charge in [0.25, 0.3) is 0 Å². The number of fused-ring (bicyclic) bond motifs is 1. The van der Waals surface area contributed by atoms with Gasteiger partial charge >= 0.3 is 6.09 Å². The van der Waals surface area contributed by atoms with Gasteiger partial charge in [-0.05, 0) is 23.8 Å². The highest BCUT2D eigenvalue weighted by atomic mass is 32.1. The molecule has 2 heterocycles. The molecule has 160 valence electrons. The van der Waals surface area contributed by atoms with Crippen LogP contribution in [0.15, 0.2) is 18.2 Å². The molecule has 0 atom stereocenters. The predicted octanol–water partition coefficient (Wildman–Crippen LogP) is 2.95. The summed E-state index contributed by atoms with van der Waals surface area (Å²) in [5, 5.41) is 3.03. The van der Waals surface area contributed by atoms with Crippen molar-refractivity contribution < 1.29 is 28.5 Å². The Morgan fingerprint density at radius 3 is 2.43 bits per heavy atom. The van der Waals surface area contributed by atoms with E-state index >= 15 is 0 Å². The van der Waals surface area contributed by atoms with Crippen LogP contribution in [-0.4, -0.2) is 56.9 Å². The molecule has 3 rings (SSSR count). The lowest BCUT2D eigenvalue weighted by Gasteiger charge is -2.24. The Balaban J connectivity index is 1.71. The average Bonchev–Trinajstić information content (AvgIpc) is 3.17. The molecule has 0 fully saturated rings. The highest BCUT2D eigenvalue weighted by Crippen LogP contribution is 2.38. The maximum absolute atomic E-state index is 12.7. The van der Waals surface area contributed by atoms with Crippen molar-refractivity contribution in [2.24, 2.45) is 0 Å². The lowest BCUT2D eigenvalue weighted by Crippen LogP contribution is -2.34. The number of carbonyl (C=O) groups excluding carboxylic acids is 2. The largest absolute Gasteiger partial charge is 0.493 e. The summed E-state index contributed by atoms with van der Waals surface area (Å²) in [4.78, 5) is 31.1. The number of thiazole rings is 1. The molecule has 0 saturated carbocycles. The quantitative estimate of drug-likeness (QED) is 0.699. The van der Waals surface area contributed by atoms with Crippen LogP contribution in [0.2, 0.25) is 0 Å². The van der Waals surface area contributed by atoms with Crippen molar-refractivity contribution in [1.82, 2.24) is 9.88 Å². The third-order valence-corrected chi connectivity index (χ3v) is 5.54. The molecule has 10 heteroatoms. The average molecular weight is 433 g/mol. The minimum atomic E-state index is -0.567. The van der Waals surface area contributed by atoms with E-state index in [1.54, 1.807) is 37.3 Å². The third-order valence-electron chi connectivity index (χ3n) is 4.54. The Kier molecular flexibility index (Phi) is 6.78. The molecule has 1 aromatic carbocycles. The third kappa shape index (κ3) is 4.65. The number of hydrogen-bond acceptors (Lipinski definition) is 8. The number of rotatable bonds is 6. The Morgan fingerprint density at radius 2 is 1.83 bits per heavy atom. The Bertz CT molecular complexity index is 946. The maximum atomic E-state index is 12.7. The van der Waals surface area contributed by atoms with Gasteiger partial charge in [-0.2, -0.15) is 0 Å². The first-order valence-corrected chi connectivity index (χ1v) is 9.91. The van der Waals surface area contributed by atoms with Crippen molar-refractivity contribution in [1.29, 1.82) is 0 Å². The summed E-state index contributed by atoms with van der Waals surface area (Å²) in [5.74, 6) is 1.41. The van der Waals surface area contributed by atoms with Crippen LogP contribution in [0, 0.1) is 0 Å². The van der Waals surface area contributed by atoms with Gasteiger partial charge in [-0.15, -0.1) is 0 Å². The molecular formula is C20H23N3O6S. The van der Waals surface area contributed by atoms with E-state index < -0.39 is 6.09 Å². The van der Waals surface area contributed by atoms with Gasteiger partial charge in [-0.25, -0.2) is 9.78 Å². The van der Waals surface area contributed by atoms with Crippen molar-refractivity contribution in [2.45, 2.75) is 13.0 Å². The van der Waals surface area contributed by atoms with E-state index in [4.69, 9.17) is 14.2 Å². The molecule has 9 nitrogen and oxygen atoms in total. The number of nitrogens with one attached hydrogen (secondary N) is 1. The van der Waals surface area contributed by atoms with Crippen LogP contribution in [-0.2, 0) is 22.5 Å². The zero-order valence-corrected chi connectivity index (χ0v) is 18.0. The first-order valence-electron chi connectivity index (χ1n) is 9.09. The van der Waals surface area contributed by atoms with E-state index in [-0.39, 0.29) is 5.91 Å². The van der Waals surface area contributed by atoms with E-state index in [9.17, 15) is 9.59 Å². The summed E-state index contributed by atoms with van der Waals surface area (Å²) < 4.78 is 20.6. The Hall–Kier alpha value is -3.27. The van der Waals surface area contributed by atoms with Gasteiger partial charge in [-0.1, -0.05) is 11.3 Å². The van der Waals surface area contributed by atoms with Crippen molar-refractivity contribution in [3.05, 3.63) is 34.3 Å². The molecular weight excluding hydrogens is 410 g/mol. The van der Waals surface area contributed by atoms with Crippen LogP contribution in [0.3, 0.4) is 0 Å². The van der Waals surface area contributed by atoms with Crippen molar-refractivity contribution >= 4 is 34.5 Å². The maximum Gasteiger partial charge on any atom is 0.413 e. The zero-order valence-electron chi connectivity index (χ0n) is 17.2. The fraction of sp³-hybridized carbons (Fsp3) is 0.350. The molecule has 0 radical (unpaired) electrons. The minimum absolute atomic E-state index is 0.120. The first-order chi connectivity index (χ1) is 14.5. The molecule has 2 aromatic rings. The van der Waals surface area contributed by atoms with Crippen LogP contribution in [0.1, 0.15) is 16.1 Å². The second-order valence-corrected chi connectivity index (χ2v) is 7.39. The summed E-state index contributed by atoms with van der Waals surface area (Å²) in [6.45, 7) is 0.987. The second-order valence-electron chi connectivity index (χ2n) is 6.31. The number of aromatic nitrogens is 1. The van der Waals surface area contributed by atoms with Crippen LogP contribution in [0.25, 0.3) is 6.08 Å². The topological polar surface area (TPSA) is 99.2 Å². The van der Waals surface area contributed by atoms with E-state index in [1.165, 1.54) is 31.6 Å². The van der Waals surface area contributed by atoms with Crippen molar-refractivity contribution in [3.63, 3.8) is 0 Å². The predicted molar refractivity (Wildman–Crippen MR) is 112 cm³/mol. The molecule has 1 aromatic heterocycles. The number of anilines is 1. The molecule has 0 spiro atoms. The highest BCUT2D eigenvalue weighted by molar-refractivity contribution is 7.15. The second kappa shape index (κ2) is 9.49. The molecule has 0 aliphatic carbocycles. The molecule has 0 unspecified atom stereocenters. The Morgan fingerprint density at radius 1 is 1.13 bits per heavy atom. The summed E-state index contributed by atoms with van der Waals surface area (Å²) in [7, 11) is 5.92. The summed E-state index contributed by atoms with van der Waals surface area (Å²) in [5.41, 5.74) is 1.64. The van der Waals surface area contributed by atoms with Crippen LogP contribution in [0.5, 0.6) is 17.2 Å². The minimum Gasteiger partial charge on any atom is -0.493 e. The smallest absolute Gasteiger partial charge is 0.413 e. The Labute approximate surface area is 178 Å². The van der Waals surface area contributed by atoms with Gasteiger partial charge in [0.05, 0.1) is 40.7 Å². The van der Waals surface area contributed by atoms with E-state index in [1.807, 2.05) is 0 Å². The molecule has 1 aliphatic rings. The standard InChI is InChI=1S/C20H23N3O6S/c1-26-14-9-12(10-15(27-2)18(14)28-3)5-6-17(24)23-8-7-13-16(11-23)30-19(21-13)22-20(25)29-4/h5-6,9-10H,7-8,11H2,1-4H3,(H,21,22,25)/b6-5+. The molecule has 0 bridgehead atoms. The molecule has 0 saturated heterocycles. The number of carbonyl (C=O) groups is 2. The summed E-state index contributed by atoms with van der Waals surface area (Å²) in [6, 6.07) is 3.54. The van der Waals surface area contributed by atoms with Gasteiger partial charge < -0.3 is 23.8 Å². The van der Waals surface area contributed by atoms with E-state index in [2.05, 4.69) is 15.0 Å². The number of ether oxygens (including phenoxy) is 4. The van der Waals surface area contributed by atoms with Gasteiger partial charge in [0, 0.05) is 23.9 Å². The summed E-state index contributed by atoms with van der Waals surface area (Å²) >= 11 is 1.34. The highest BCUT2D eigenvalue weighted by Gasteiger charge is 2.23. The van der Waals surface area contributed by atoms with E-state index in [0.29, 0.717) is 41.9 Å². The molecule has 30 heavy (non-hydrogen) atoms. The first kappa shape index (κ1) is 21.4. The van der Waals surface area contributed by atoms with Gasteiger partial charge in [-0.3, -0.25) is 10.1 Å². The van der Waals surface area contributed by atoms with Crippen molar-refractivity contribution in [2.75, 3.05) is 40.3 Å². The number of methoxy groups -OCH3 is 4.